The van der Waals surface area contributed by atoms with E-state index in [2.05, 4.69) is 115 Å². The maximum Gasteiger partial charge on any atom is 0.0126 e. The highest BCUT2D eigenvalue weighted by atomic mass is 15.3. The van der Waals surface area contributed by atoms with Crippen LogP contribution in [0.3, 0.4) is 0 Å². The Balaban J connectivity index is 0.000000267. The molecule has 0 saturated carbocycles. The molecule has 0 aromatic carbocycles. The lowest BCUT2D eigenvalue weighted by Crippen LogP contribution is -2.52. The summed E-state index contributed by atoms with van der Waals surface area (Å²) in [5.74, 6) is 0. The molecule has 40 heavy (non-hydrogen) atoms. The van der Waals surface area contributed by atoms with E-state index >= 15 is 0 Å². The first kappa shape index (κ1) is 37.8. The number of likely N-dealkylation sites (N-methyl/N-ethyl adjacent to an activating group) is 1. The molecule has 0 spiro atoms. The van der Waals surface area contributed by atoms with Crippen molar-refractivity contribution >= 4 is 0 Å². The highest BCUT2D eigenvalue weighted by molar-refractivity contribution is 4.82. The molecule has 0 atom stereocenters. The molecule has 4 aliphatic rings. The quantitative estimate of drug-likeness (QED) is 0.302. The van der Waals surface area contributed by atoms with Gasteiger partial charge in [0.25, 0.3) is 0 Å². The first-order valence-corrected chi connectivity index (χ1v) is 17.0. The van der Waals surface area contributed by atoms with Crippen molar-refractivity contribution in [1.29, 1.82) is 0 Å². The van der Waals surface area contributed by atoms with Gasteiger partial charge in [-0.15, -0.1) is 0 Å². The van der Waals surface area contributed by atoms with Crippen molar-refractivity contribution in [2.24, 2.45) is 0 Å². The minimum absolute atomic E-state index is 0.362. The second kappa shape index (κ2) is 17.2. The Bertz CT molecular complexity index is 595. The Morgan fingerprint density at radius 3 is 0.675 bits per heavy atom. The van der Waals surface area contributed by atoms with E-state index in [9.17, 15) is 0 Å². The van der Waals surface area contributed by atoms with Crippen molar-refractivity contribution in [3.63, 3.8) is 0 Å². The van der Waals surface area contributed by atoms with Gasteiger partial charge in [0, 0.05) is 48.3 Å². The molecule has 4 fully saturated rings. The van der Waals surface area contributed by atoms with E-state index in [1.165, 1.54) is 117 Å². The predicted molar refractivity (Wildman–Crippen MR) is 180 cm³/mol. The normalized spacial score (nSPS) is 23.3. The number of piperazine rings is 1. The van der Waals surface area contributed by atoms with Gasteiger partial charge in [0.1, 0.15) is 0 Å². The molecule has 0 amide bonds. The molecule has 240 valence electrons. The number of nitrogens with zero attached hydrogens (tertiary/aromatic N) is 5. The molecule has 0 N–H and O–H groups in total. The van der Waals surface area contributed by atoms with Crippen molar-refractivity contribution in [1.82, 2.24) is 24.5 Å². The summed E-state index contributed by atoms with van der Waals surface area (Å²) in [7, 11) is 2.19. The Labute approximate surface area is 253 Å². The summed E-state index contributed by atoms with van der Waals surface area (Å²) >= 11 is 0. The molecule has 0 bridgehead atoms. The molecule has 5 nitrogen and oxygen atoms in total. The Morgan fingerprint density at radius 1 is 0.275 bits per heavy atom. The fraction of sp³-hybridized carbons (Fsp3) is 1.00. The van der Waals surface area contributed by atoms with Crippen LogP contribution in [0.2, 0.25) is 0 Å². The van der Waals surface area contributed by atoms with Gasteiger partial charge in [-0.3, -0.25) is 19.6 Å². The second-order valence-corrected chi connectivity index (χ2v) is 16.8. The monoisotopic (exact) mass is 566 g/mol. The largest absolute Gasteiger partial charge is 0.304 e. The topological polar surface area (TPSA) is 16.2 Å². The van der Waals surface area contributed by atoms with E-state index in [-0.39, 0.29) is 0 Å². The molecule has 0 aromatic heterocycles. The molecular formula is C35H75N5. The average molecular weight is 566 g/mol. The minimum atomic E-state index is 0.362. The molecule has 0 aromatic rings. The van der Waals surface area contributed by atoms with Gasteiger partial charge in [-0.2, -0.15) is 0 Å². The third-order valence-electron chi connectivity index (χ3n) is 9.12. The van der Waals surface area contributed by atoms with Crippen LogP contribution in [0.1, 0.15) is 134 Å². The summed E-state index contributed by atoms with van der Waals surface area (Å²) in [6.45, 7) is 40.3. The van der Waals surface area contributed by atoms with Gasteiger partial charge in [-0.1, -0.05) is 12.8 Å². The summed E-state index contributed by atoms with van der Waals surface area (Å²) in [6.07, 6.45) is 11.3. The van der Waals surface area contributed by atoms with Crippen molar-refractivity contribution in [2.45, 2.75) is 157 Å². The van der Waals surface area contributed by atoms with Crippen LogP contribution in [0.15, 0.2) is 0 Å². The summed E-state index contributed by atoms with van der Waals surface area (Å²) in [6, 6.07) is 0. The molecule has 4 rings (SSSR count). The minimum Gasteiger partial charge on any atom is -0.304 e. The molecule has 4 aliphatic heterocycles. The van der Waals surface area contributed by atoms with Crippen molar-refractivity contribution in [3.8, 4) is 0 Å². The van der Waals surface area contributed by atoms with Crippen LogP contribution in [0.25, 0.3) is 0 Å². The number of hydrogen-bond donors (Lipinski definition) is 0. The van der Waals surface area contributed by atoms with Gasteiger partial charge in [-0.05, 0) is 168 Å². The van der Waals surface area contributed by atoms with Crippen molar-refractivity contribution in [3.05, 3.63) is 0 Å². The zero-order chi connectivity index (χ0) is 30.6. The summed E-state index contributed by atoms with van der Waals surface area (Å²) in [5, 5.41) is 0. The van der Waals surface area contributed by atoms with Crippen molar-refractivity contribution in [2.75, 3.05) is 72.5 Å². The van der Waals surface area contributed by atoms with Gasteiger partial charge in [0.2, 0.25) is 0 Å². The standard InChI is InChI=1S/C9H20N2.2C9H19N.C8H17N/c1-9(2,3)11-7-5-10(4)6-8-11;2*1-9(2,3)10-7-5-4-6-8-10;1-8(2,3)9-6-4-5-7-9/h5-8H2,1-4H3;2*4-8H2,1-3H3;4-7H2,1-3H3. The Kier molecular flexibility index (Phi) is 16.2. The van der Waals surface area contributed by atoms with E-state index < -0.39 is 0 Å². The zero-order valence-electron chi connectivity index (χ0n) is 30.0. The van der Waals surface area contributed by atoms with Crippen LogP contribution < -0.4 is 0 Å². The van der Waals surface area contributed by atoms with Gasteiger partial charge in [-0.25, -0.2) is 0 Å². The molecule has 4 heterocycles. The lowest BCUT2D eigenvalue weighted by molar-refractivity contribution is 0.0735. The summed E-state index contributed by atoms with van der Waals surface area (Å²) in [5.41, 5.74) is 1.58. The number of rotatable bonds is 0. The lowest BCUT2D eigenvalue weighted by Gasteiger charge is -2.41. The molecule has 0 aliphatic carbocycles. The van der Waals surface area contributed by atoms with E-state index in [1.54, 1.807) is 0 Å². The van der Waals surface area contributed by atoms with Crippen LogP contribution >= 0.6 is 0 Å². The fourth-order valence-corrected chi connectivity index (χ4v) is 5.99. The first-order valence-electron chi connectivity index (χ1n) is 17.0. The molecule has 0 unspecified atom stereocenters. The van der Waals surface area contributed by atoms with Gasteiger partial charge in [0.05, 0.1) is 0 Å². The third-order valence-corrected chi connectivity index (χ3v) is 9.12. The Hall–Kier alpha value is -0.200. The molecule has 5 heteroatoms. The summed E-state index contributed by atoms with van der Waals surface area (Å²) in [4.78, 5) is 12.6. The first-order chi connectivity index (χ1) is 18.3. The number of likely N-dealkylation sites (tertiary alicyclic amines) is 3. The van der Waals surface area contributed by atoms with Crippen LogP contribution in [0.5, 0.6) is 0 Å². The van der Waals surface area contributed by atoms with Crippen LogP contribution in [0.4, 0.5) is 0 Å². The number of piperidine rings is 2. The predicted octanol–water partition coefficient (Wildman–Crippen LogP) is 7.45. The molecule has 4 saturated heterocycles. The van der Waals surface area contributed by atoms with Gasteiger partial charge >= 0.3 is 0 Å². The zero-order valence-corrected chi connectivity index (χ0v) is 30.0. The van der Waals surface area contributed by atoms with Crippen molar-refractivity contribution < 1.29 is 0 Å². The maximum atomic E-state index is 2.58. The van der Waals surface area contributed by atoms with Crippen LogP contribution in [-0.4, -0.2) is 119 Å². The van der Waals surface area contributed by atoms with Crippen LogP contribution in [0, 0.1) is 0 Å². The van der Waals surface area contributed by atoms with E-state index in [0.29, 0.717) is 22.2 Å². The van der Waals surface area contributed by atoms with Gasteiger partial charge < -0.3 is 4.90 Å². The smallest absolute Gasteiger partial charge is 0.0126 e. The molecule has 0 radical (unpaired) electrons. The molecular weight excluding hydrogens is 490 g/mol. The highest BCUT2D eigenvalue weighted by Crippen LogP contribution is 2.21. The SMILES string of the molecule is CC(C)(C)N1CCCC1.CC(C)(C)N1CCCCC1.CC(C)(C)N1CCCCC1.CN1CCN(C(C)(C)C)CC1. The Morgan fingerprint density at radius 2 is 0.475 bits per heavy atom. The maximum absolute atomic E-state index is 2.58. The highest BCUT2D eigenvalue weighted by Gasteiger charge is 2.25. The van der Waals surface area contributed by atoms with E-state index in [0.717, 1.165) is 0 Å². The lowest BCUT2D eigenvalue weighted by atomic mass is 10.0. The fourth-order valence-electron chi connectivity index (χ4n) is 5.99. The average Bonchev–Trinajstić information content (AvgIpc) is 3.41. The van der Waals surface area contributed by atoms with E-state index in [4.69, 9.17) is 0 Å². The summed E-state index contributed by atoms with van der Waals surface area (Å²) < 4.78 is 0. The van der Waals surface area contributed by atoms with Crippen LogP contribution in [-0.2, 0) is 0 Å². The second-order valence-electron chi connectivity index (χ2n) is 16.8. The van der Waals surface area contributed by atoms with Gasteiger partial charge in [0.15, 0.2) is 0 Å². The number of hydrogen-bond acceptors (Lipinski definition) is 5. The van der Waals surface area contributed by atoms with E-state index in [1.807, 2.05) is 0 Å². The third kappa shape index (κ3) is 15.9.